The molecule has 140 valence electrons. The second kappa shape index (κ2) is 8.27. The average molecular weight is 363 g/mol. The molecule has 0 spiro atoms. The molecule has 6 nitrogen and oxygen atoms in total. The van der Waals surface area contributed by atoms with E-state index in [2.05, 4.69) is 10.2 Å². The quantitative estimate of drug-likeness (QED) is 0.600. The Hall–Kier alpha value is -2.48. The van der Waals surface area contributed by atoms with Gasteiger partial charge in [0.2, 0.25) is 5.89 Å². The Labute approximate surface area is 150 Å². The SMILES string of the molecule is N/C(=C\N(N)Cc1ccc(-c2nnc(C(F)F)o2)cc1)C1CCCCC1. The first-order valence-electron chi connectivity index (χ1n) is 8.72. The number of benzene rings is 1. The van der Waals surface area contributed by atoms with E-state index in [-0.39, 0.29) is 5.89 Å². The van der Waals surface area contributed by atoms with Gasteiger partial charge in [-0.25, -0.2) is 5.84 Å². The number of hydrogen-bond acceptors (Lipinski definition) is 6. The van der Waals surface area contributed by atoms with Gasteiger partial charge in [-0.15, -0.1) is 10.2 Å². The second-order valence-corrected chi connectivity index (χ2v) is 6.58. The van der Waals surface area contributed by atoms with Crippen molar-refractivity contribution in [3.63, 3.8) is 0 Å². The highest BCUT2D eigenvalue weighted by Crippen LogP contribution is 2.27. The van der Waals surface area contributed by atoms with Crippen LogP contribution in [0.4, 0.5) is 8.78 Å². The molecule has 0 unspecified atom stereocenters. The minimum Gasteiger partial charge on any atom is -0.415 e. The van der Waals surface area contributed by atoms with Gasteiger partial charge in [0.25, 0.3) is 5.89 Å². The topological polar surface area (TPSA) is 94.2 Å². The van der Waals surface area contributed by atoms with Gasteiger partial charge < -0.3 is 15.2 Å². The van der Waals surface area contributed by atoms with Gasteiger partial charge in [-0.2, -0.15) is 8.78 Å². The third-order valence-corrected chi connectivity index (χ3v) is 4.58. The van der Waals surface area contributed by atoms with E-state index < -0.39 is 12.3 Å². The molecule has 1 fully saturated rings. The minimum atomic E-state index is -2.78. The summed E-state index contributed by atoms with van der Waals surface area (Å²) < 4.78 is 30.0. The molecule has 0 atom stereocenters. The van der Waals surface area contributed by atoms with Crippen LogP contribution in [0.15, 0.2) is 40.6 Å². The molecule has 1 aromatic heterocycles. The number of nitrogens with two attached hydrogens (primary N) is 2. The Morgan fingerprint density at radius 3 is 2.50 bits per heavy atom. The fourth-order valence-electron chi connectivity index (χ4n) is 3.18. The van der Waals surface area contributed by atoms with Gasteiger partial charge in [0, 0.05) is 17.5 Å². The van der Waals surface area contributed by atoms with Crippen molar-refractivity contribution in [1.29, 1.82) is 0 Å². The zero-order valence-corrected chi connectivity index (χ0v) is 14.4. The maximum atomic E-state index is 12.5. The molecule has 0 amide bonds. The smallest absolute Gasteiger partial charge is 0.314 e. The predicted molar refractivity (Wildman–Crippen MR) is 93.3 cm³/mol. The van der Waals surface area contributed by atoms with Crippen LogP contribution in [-0.4, -0.2) is 15.2 Å². The summed E-state index contributed by atoms with van der Waals surface area (Å²) in [6, 6.07) is 7.15. The Morgan fingerprint density at radius 2 is 1.88 bits per heavy atom. The maximum absolute atomic E-state index is 12.5. The first-order chi connectivity index (χ1) is 12.5. The van der Waals surface area contributed by atoms with Gasteiger partial charge in [-0.1, -0.05) is 31.4 Å². The van der Waals surface area contributed by atoms with Gasteiger partial charge in [0.1, 0.15) is 0 Å². The lowest BCUT2D eigenvalue weighted by Gasteiger charge is -2.24. The van der Waals surface area contributed by atoms with Crippen LogP contribution in [0, 0.1) is 5.92 Å². The molecule has 3 rings (SSSR count). The summed E-state index contributed by atoms with van der Waals surface area (Å²) in [5, 5.41) is 8.52. The van der Waals surface area contributed by atoms with Gasteiger partial charge in [-0.3, -0.25) is 0 Å². The lowest BCUT2D eigenvalue weighted by molar-refractivity contribution is 0.116. The van der Waals surface area contributed by atoms with Crippen molar-refractivity contribution in [2.75, 3.05) is 0 Å². The first-order valence-corrected chi connectivity index (χ1v) is 8.72. The van der Waals surface area contributed by atoms with Crippen LogP contribution in [0.1, 0.15) is 50.0 Å². The van der Waals surface area contributed by atoms with Gasteiger partial charge in [0.05, 0.1) is 6.54 Å². The third-order valence-electron chi connectivity index (χ3n) is 4.58. The van der Waals surface area contributed by atoms with Crippen molar-refractivity contribution < 1.29 is 13.2 Å². The van der Waals surface area contributed by atoms with E-state index >= 15 is 0 Å². The molecule has 0 saturated heterocycles. The summed E-state index contributed by atoms with van der Waals surface area (Å²) in [4.78, 5) is 0. The number of hydrogen-bond donors (Lipinski definition) is 2. The Kier molecular flexibility index (Phi) is 5.82. The summed E-state index contributed by atoms with van der Waals surface area (Å²) in [6.07, 6.45) is 4.98. The van der Waals surface area contributed by atoms with E-state index in [4.69, 9.17) is 16.0 Å². The molecule has 1 heterocycles. The van der Waals surface area contributed by atoms with E-state index in [1.165, 1.54) is 19.3 Å². The van der Waals surface area contributed by atoms with Crippen molar-refractivity contribution in [2.45, 2.75) is 45.1 Å². The largest absolute Gasteiger partial charge is 0.415 e. The Morgan fingerprint density at radius 1 is 1.19 bits per heavy atom. The molecule has 1 aromatic carbocycles. The molecule has 0 bridgehead atoms. The van der Waals surface area contributed by atoms with Crippen molar-refractivity contribution >= 4 is 0 Å². The summed E-state index contributed by atoms with van der Waals surface area (Å²) >= 11 is 0. The zero-order valence-electron chi connectivity index (χ0n) is 14.4. The standard InChI is InChI=1S/C18H23F2N5O/c19-16(20)18-24-23-17(26-18)14-8-6-12(7-9-14)10-25(22)11-15(21)13-4-2-1-3-5-13/h6-9,11,13,16H,1-5,10,21-22H2/b15-11-. The number of aromatic nitrogens is 2. The highest BCUT2D eigenvalue weighted by atomic mass is 19.3. The number of rotatable bonds is 6. The van der Waals surface area contributed by atoms with E-state index in [0.29, 0.717) is 18.0 Å². The van der Waals surface area contributed by atoms with Crippen molar-refractivity contribution in [2.24, 2.45) is 17.5 Å². The van der Waals surface area contributed by atoms with E-state index in [1.54, 1.807) is 23.3 Å². The van der Waals surface area contributed by atoms with Gasteiger partial charge >= 0.3 is 6.43 Å². The van der Waals surface area contributed by atoms with E-state index in [1.807, 2.05) is 12.1 Å². The summed E-state index contributed by atoms with van der Waals surface area (Å²) in [7, 11) is 0. The second-order valence-electron chi connectivity index (χ2n) is 6.58. The molecule has 0 aliphatic heterocycles. The number of allylic oxidation sites excluding steroid dienone is 1. The molecule has 0 radical (unpaired) electrons. The normalized spacial score (nSPS) is 16.2. The van der Waals surface area contributed by atoms with Crippen LogP contribution in [0.25, 0.3) is 11.5 Å². The van der Waals surface area contributed by atoms with Crippen molar-refractivity contribution in [3.05, 3.63) is 47.6 Å². The number of hydrazine groups is 1. The Balaban J connectivity index is 1.61. The van der Waals surface area contributed by atoms with E-state index in [9.17, 15) is 8.78 Å². The van der Waals surface area contributed by atoms with Crippen molar-refractivity contribution in [1.82, 2.24) is 15.2 Å². The average Bonchev–Trinajstić information content (AvgIpc) is 3.13. The molecular formula is C18H23F2N5O. The van der Waals surface area contributed by atoms with E-state index in [0.717, 1.165) is 24.1 Å². The first kappa shape index (κ1) is 18.3. The zero-order chi connectivity index (χ0) is 18.5. The van der Waals surface area contributed by atoms with Crippen LogP contribution in [0.5, 0.6) is 0 Å². The Bertz CT molecular complexity index is 738. The number of alkyl halides is 2. The van der Waals surface area contributed by atoms with Crippen molar-refractivity contribution in [3.8, 4) is 11.5 Å². The monoisotopic (exact) mass is 363 g/mol. The summed E-state index contributed by atoms with van der Waals surface area (Å²) in [5.41, 5.74) is 8.54. The fraction of sp³-hybridized carbons (Fsp3) is 0.444. The number of halogens is 2. The van der Waals surface area contributed by atoms with Crippen LogP contribution in [-0.2, 0) is 6.54 Å². The molecule has 4 N–H and O–H groups in total. The van der Waals surface area contributed by atoms with Crippen LogP contribution >= 0.6 is 0 Å². The van der Waals surface area contributed by atoms with Crippen LogP contribution < -0.4 is 11.6 Å². The molecule has 1 aliphatic carbocycles. The van der Waals surface area contributed by atoms with Crippen LogP contribution in [0.3, 0.4) is 0 Å². The lowest BCUT2D eigenvalue weighted by Crippen LogP contribution is -2.28. The maximum Gasteiger partial charge on any atom is 0.314 e. The molecule has 2 aromatic rings. The summed E-state index contributed by atoms with van der Waals surface area (Å²) in [6.45, 7) is 0.486. The molecule has 8 heteroatoms. The van der Waals surface area contributed by atoms with Crippen LogP contribution in [0.2, 0.25) is 0 Å². The fourth-order valence-corrected chi connectivity index (χ4v) is 3.18. The van der Waals surface area contributed by atoms with Gasteiger partial charge in [-0.05, 0) is 36.5 Å². The third kappa shape index (κ3) is 4.57. The minimum absolute atomic E-state index is 0.0675. The molecule has 26 heavy (non-hydrogen) atoms. The lowest BCUT2D eigenvalue weighted by atomic mass is 9.87. The summed E-state index contributed by atoms with van der Waals surface area (Å²) in [5.74, 6) is 5.85. The predicted octanol–water partition coefficient (Wildman–Crippen LogP) is 3.73. The molecular weight excluding hydrogens is 340 g/mol. The highest BCUT2D eigenvalue weighted by Gasteiger charge is 2.17. The highest BCUT2D eigenvalue weighted by molar-refractivity contribution is 5.52. The van der Waals surface area contributed by atoms with Gasteiger partial charge in [0.15, 0.2) is 0 Å². The number of nitrogens with zero attached hydrogens (tertiary/aromatic N) is 3. The molecule has 1 aliphatic rings. The molecule has 1 saturated carbocycles.